The Morgan fingerprint density at radius 2 is 2.03 bits per heavy atom. The van der Waals surface area contributed by atoms with Gasteiger partial charge in [-0.2, -0.15) is 4.31 Å². The van der Waals surface area contributed by atoms with Crippen molar-refractivity contribution in [2.24, 2.45) is 0 Å². The predicted octanol–water partition coefficient (Wildman–Crippen LogP) is 3.39. The first kappa shape index (κ1) is 22.3. The first-order chi connectivity index (χ1) is 15.9. The molecule has 2 N–H and O–H groups in total. The van der Waals surface area contributed by atoms with Gasteiger partial charge in [-0.15, -0.1) is 11.3 Å². The highest BCUT2D eigenvalue weighted by Crippen LogP contribution is 2.34. The molecule has 1 fully saturated rings. The molecule has 172 valence electrons. The van der Waals surface area contributed by atoms with Crippen LogP contribution < -0.4 is 0 Å². The summed E-state index contributed by atoms with van der Waals surface area (Å²) in [5.74, 6) is -0.302. The van der Waals surface area contributed by atoms with E-state index in [0.717, 1.165) is 38.0 Å². The van der Waals surface area contributed by atoms with Gasteiger partial charge in [0.15, 0.2) is 0 Å². The fourth-order valence-corrected chi connectivity index (χ4v) is 7.42. The fourth-order valence-electron chi connectivity index (χ4n) is 4.21. The van der Waals surface area contributed by atoms with Crippen LogP contribution >= 0.6 is 22.9 Å². The highest BCUT2D eigenvalue weighted by Gasteiger charge is 2.37. The van der Waals surface area contributed by atoms with Gasteiger partial charge in [0.05, 0.1) is 12.6 Å². The molecule has 11 heteroatoms. The molecular formula is C22H21ClN4O4S2. The van der Waals surface area contributed by atoms with Crippen LogP contribution in [0.4, 0.5) is 0 Å². The predicted molar refractivity (Wildman–Crippen MR) is 128 cm³/mol. The third-order valence-corrected chi connectivity index (χ3v) is 9.48. The number of H-pyrrole nitrogens is 1. The monoisotopic (exact) mass is 504 g/mol. The molecule has 0 radical (unpaired) electrons. The zero-order valence-corrected chi connectivity index (χ0v) is 19.8. The molecule has 0 bridgehead atoms. The van der Waals surface area contributed by atoms with E-state index in [0.29, 0.717) is 11.4 Å². The van der Waals surface area contributed by atoms with Gasteiger partial charge in [0, 0.05) is 58.4 Å². The number of piperazine rings is 1. The van der Waals surface area contributed by atoms with Gasteiger partial charge in [-0.1, -0.05) is 17.7 Å². The molecule has 1 aromatic carbocycles. The number of benzene rings is 1. The van der Waals surface area contributed by atoms with Crippen molar-refractivity contribution in [2.75, 3.05) is 26.2 Å². The van der Waals surface area contributed by atoms with Crippen molar-refractivity contribution >= 4 is 59.9 Å². The second kappa shape index (κ2) is 8.69. The lowest BCUT2D eigenvalue weighted by atomic mass is 10.1. The number of sulfonamides is 1. The summed E-state index contributed by atoms with van der Waals surface area (Å²) in [7, 11) is -3.82. The number of aromatic nitrogens is 2. The number of nitrogens with zero attached hydrogens (tertiary/aromatic N) is 3. The summed E-state index contributed by atoms with van der Waals surface area (Å²) in [6.45, 7) is 0.0509. The quantitative estimate of drug-likeness (QED) is 0.418. The van der Waals surface area contributed by atoms with Crippen molar-refractivity contribution in [3.05, 3.63) is 59.5 Å². The molecular weight excluding hydrogens is 484 g/mol. The normalized spacial score (nSPS) is 16.7. The van der Waals surface area contributed by atoms with Crippen LogP contribution in [0.2, 0.25) is 5.02 Å². The molecule has 0 spiro atoms. The summed E-state index contributed by atoms with van der Waals surface area (Å²) < 4.78 is 28.7. The molecule has 1 amide bonds. The number of pyridine rings is 1. The number of fused-ring (bicyclic) bond motifs is 2. The van der Waals surface area contributed by atoms with E-state index < -0.39 is 10.0 Å². The number of hydrogen-bond donors (Lipinski definition) is 2. The van der Waals surface area contributed by atoms with E-state index in [-0.39, 0.29) is 42.4 Å². The van der Waals surface area contributed by atoms with Crippen molar-refractivity contribution in [2.45, 2.75) is 16.7 Å². The van der Waals surface area contributed by atoms with Gasteiger partial charge >= 0.3 is 0 Å². The average molecular weight is 505 g/mol. The van der Waals surface area contributed by atoms with Crippen molar-refractivity contribution in [3.63, 3.8) is 0 Å². The number of aliphatic hydroxyl groups excluding tert-OH is 1. The van der Waals surface area contributed by atoms with Gasteiger partial charge in [0.1, 0.15) is 4.21 Å². The molecule has 0 aliphatic carbocycles. The third-order valence-electron chi connectivity index (χ3n) is 5.86. The van der Waals surface area contributed by atoms with Gasteiger partial charge in [-0.3, -0.25) is 9.78 Å². The summed E-state index contributed by atoms with van der Waals surface area (Å²) in [5.41, 5.74) is 1.68. The number of halogens is 1. The van der Waals surface area contributed by atoms with Crippen LogP contribution in [0.25, 0.3) is 21.0 Å². The molecule has 1 atom stereocenters. The minimum absolute atomic E-state index is 0.103. The first-order valence-electron chi connectivity index (χ1n) is 10.4. The number of amides is 1. The number of thiophene rings is 1. The van der Waals surface area contributed by atoms with Crippen molar-refractivity contribution in [3.8, 4) is 0 Å². The number of rotatable bonds is 6. The first-order valence-corrected chi connectivity index (χ1v) is 13.0. The van der Waals surface area contributed by atoms with Crippen LogP contribution in [0.5, 0.6) is 0 Å². The molecule has 3 aromatic heterocycles. The number of hydrogen-bond acceptors (Lipinski definition) is 6. The van der Waals surface area contributed by atoms with E-state index in [1.54, 1.807) is 41.6 Å². The zero-order chi connectivity index (χ0) is 23.2. The van der Waals surface area contributed by atoms with Crippen LogP contribution in [0.3, 0.4) is 0 Å². The van der Waals surface area contributed by atoms with Crippen molar-refractivity contribution in [1.82, 2.24) is 19.2 Å². The van der Waals surface area contributed by atoms with Crippen LogP contribution in [-0.4, -0.2) is 64.8 Å². The van der Waals surface area contributed by atoms with E-state index in [1.165, 1.54) is 4.31 Å². The zero-order valence-electron chi connectivity index (χ0n) is 17.4. The maximum absolute atomic E-state index is 13.3. The fraction of sp³-hybridized carbons (Fsp3) is 0.273. The lowest BCUT2D eigenvalue weighted by Crippen LogP contribution is -2.53. The maximum atomic E-state index is 13.3. The van der Waals surface area contributed by atoms with Crippen LogP contribution in [0.15, 0.2) is 53.0 Å². The highest BCUT2D eigenvalue weighted by molar-refractivity contribution is 7.91. The molecule has 4 heterocycles. The SMILES string of the molecule is O=C1CN(S(=O)(=O)c2cc3ccc(Cl)cc3s2)CCN1C(CCO)c1cc2cnccc2[nH]1. The smallest absolute Gasteiger partial charge is 0.253 e. The highest BCUT2D eigenvalue weighted by atomic mass is 35.5. The molecule has 1 aliphatic heterocycles. The topological polar surface area (TPSA) is 107 Å². The number of aliphatic hydroxyl groups is 1. The Labute approximate surface area is 199 Å². The van der Waals surface area contributed by atoms with Crippen LogP contribution in [-0.2, 0) is 14.8 Å². The molecule has 1 saturated heterocycles. The van der Waals surface area contributed by atoms with Crippen LogP contribution in [0, 0.1) is 0 Å². The summed E-state index contributed by atoms with van der Waals surface area (Å²) in [6, 6.07) is 10.2. The minimum Gasteiger partial charge on any atom is -0.396 e. The van der Waals surface area contributed by atoms with E-state index >= 15 is 0 Å². The minimum atomic E-state index is -3.82. The summed E-state index contributed by atoms with van der Waals surface area (Å²) in [4.78, 5) is 22.2. The molecule has 0 saturated carbocycles. The van der Waals surface area contributed by atoms with Crippen molar-refractivity contribution < 1.29 is 18.3 Å². The third kappa shape index (κ3) is 4.13. The lowest BCUT2D eigenvalue weighted by Gasteiger charge is -2.38. The number of nitrogens with one attached hydrogen (secondary N) is 1. The number of aromatic amines is 1. The Morgan fingerprint density at radius 1 is 1.18 bits per heavy atom. The molecule has 4 aromatic rings. The van der Waals surface area contributed by atoms with Crippen molar-refractivity contribution in [1.29, 1.82) is 0 Å². The molecule has 1 aliphatic rings. The average Bonchev–Trinajstić information content (AvgIpc) is 3.42. The Balaban J connectivity index is 1.39. The van der Waals surface area contributed by atoms with E-state index in [4.69, 9.17) is 11.6 Å². The van der Waals surface area contributed by atoms with E-state index in [9.17, 15) is 18.3 Å². The van der Waals surface area contributed by atoms with Gasteiger partial charge in [-0.05, 0) is 42.1 Å². The Hall–Kier alpha value is -2.50. The van der Waals surface area contributed by atoms with Gasteiger partial charge < -0.3 is 15.0 Å². The summed E-state index contributed by atoms with van der Waals surface area (Å²) in [5, 5.41) is 11.9. The van der Waals surface area contributed by atoms with E-state index in [2.05, 4.69) is 9.97 Å². The standard InChI is InChI=1S/C22H21ClN4O4S2/c23-16-2-1-14-10-22(32-20(14)11-16)33(30,31)26-6-7-27(21(29)13-26)19(4-8-28)18-9-15-12-24-5-3-17(15)25-18/h1-3,5,9-12,19,25,28H,4,6-8,13H2. The largest absolute Gasteiger partial charge is 0.396 e. The lowest BCUT2D eigenvalue weighted by molar-refractivity contribution is -0.137. The van der Waals surface area contributed by atoms with Gasteiger partial charge in [-0.25, -0.2) is 8.42 Å². The summed E-state index contributed by atoms with van der Waals surface area (Å²) in [6.07, 6.45) is 3.76. The molecule has 8 nitrogen and oxygen atoms in total. The second-order valence-corrected chi connectivity index (χ2v) is 11.6. The van der Waals surface area contributed by atoms with Gasteiger partial charge in [0.2, 0.25) is 5.91 Å². The Morgan fingerprint density at radius 3 is 2.79 bits per heavy atom. The van der Waals surface area contributed by atoms with E-state index in [1.807, 2.05) is 12.1 Å². The second-order valence-electron chi connectivity index (χ2n) is 7.89. The molecule has 33 heavy (non-hydrogen) atoms. The van der Waals surface area contributed by atoms with Gasteiger partial charge in [0.25, 0.3) is 10.0 Å². The Kier molecular flexibility index (Phi) is 5.87. The Bertz CT molecular complexity index is 1420. The van der Waals surface area contributed by atoms with Crippen LogP contribution in [0.1, 0.15) is 18.2 Å². The maximum Gasteiger partial charge on any atom is 0.253 e. The number of carbonyl (C=O) groups excluding carboxylic acids is 1. The molecule has 1 unspecified atom stereocenters. The molecule has 5 rings (SSSR count). The summed E-state index contributed by atoms with van der Waals surface area (Å²) >= 11 is 7.18. The number of carbonyl (C=O) groups is 1.